The van der Waals surface area contributed by atoms with Crippen LogP contribution in [0.15, 0.2) is 30.9 Å². The van der Waals surface area contributed by atoms with Gasteiger partial charge >= 0.3 is 6.01 Å². The molecule has 3 aromatic rings. The predicted octanol–water partition coefficient (Wildman–Crippen LogP) is 4.31. The van der Waals surface area contributed by atoms with Crippen LogP contribution < -0.4 is 10.1 Å². The van der Waals surface area contributed by atoms with Gasteiger partial charge in [-0.15, -0.1) is 0 Å². The second-order valence-corrected chi connectivity index (χ2v) is 10.1. The molecule has 2 aliphatic rings. The van der Waals surface area contributed by atoms with Crippen molar-refractivity contribution < 1.29 is 9.47 Å². The van der Waals surface area contributed by atoms with Gasteiger partial charge in [0, 0.05) is 42.3 Å². The van der Waals surface area contributed by atoms with Crippen LogP contribution in [-0.2, 0) is 11.3 Å². The van der Waals surface area contributed by atoms with Crippen LogP contribution in [0.5, 0.6) is 6.01 Å². The minimum atomic E-state index is 0.169. The first-order valence-corrected chi connectivity index (χ1v) is 12.8. The Morgan fingerprint density at radius 3 is 2.53 bits per heavy atom. The van der Waals surface area contributed by atoms with Crippen LogP contribution in [0.1, 0.15) is 45.1 Å². The van der Waals surface area contributed by atoms with Crippen molar-refractivity contribution in [2.45, 2.75) is 52.2 Å². The summed E-state index contributed by atoms with van der Waals surface area (Å²) in [6.07, 6.45) is 11.8. The SMILES string of the molecule is CCN(CC)Cc1cnc(Nc2ncc(-c3ccnc(OC4CCC5(CC4)COC5)n3)s2)nc1. The number of ether oxygens (including phenoxy) is 2. The topological polar surface area (TPSA) is 98.2 Å². The zero-order chi connectivity index (χ0) is 23.4. The molecular weight excluding hydrogens is 450 g/mol. The summed E-state index contributed by atoms with van der Waals surface area (Å²) in [4.78, 5) is 25.6. The predicted molar refractivity (Wildman–Crippen MR) is 131 cm³/mol. The van der Waals surface area contributed by atoms with E-state index in [1.165, 1.54) is 11.3 Å². The summed E-state index contributed by atoms with van der Waals surface area (Å²) in [5.41, 5.74) is 2.30. The lowest BCUT2D eigenvalue weighted by molar-refractivity contribution is -0.140. The van der Waals surface area contributed by atoms with Gasteiger partial charge in [0.25, 0.3) is 0 Å². The number of aromatic nitrogens is 5. The molecule has 34 heavy (non-hydrogen) atoms. The van der Waals surface area contributed by atoms with Gasteiger partial charge in [-0.3, -0.25) is 4.90 Å². The highest BCUT2D eigenvalue weighted by Crippen LogP contribution is 2.43. The van der Waals surface area contributed by atoms with E-state index in [4.69, 9.17) is 9.47 Å². The van der Waals surface area contributed by atoms with Crippen LogP contribution >= 0.6 is 11.3 Å². The third-order valence-corrected chi connectivity index (χ3v) is 7.63. The van der Waals surface area contributed by atoms with Crippen LogP contribution in [0.25, 0.3) is 10.6 Å². The maximum Gasteiger partial charge on any atom is 0.317 e. The number of nitrogens with zero attached hydrogens (tertiary/aromatic N) is 6. The summed E-state index contributed by atoms with van der Waals surface area (Å²) < 4.78 is 11.5. The van der Waals surface area contributed by atoms with Crippen LogP contribution in [0, 0.1) is 5.41 Å². The molecule has 1 saturated carbocycles. The number of hydrogen-bond donors (Lipinski definition) is 1. The molecule has 5 rings (SSSR count). The smallest absolute Gasteiger partial charge is 0.317 e. The summed E-state index contributed by atoms with van der Waals surface area (Å²) in [5, 5.41) is 3.90. The van der Waals surface area contributed by atoms with Gasteiger partial charge < -0.3 is 14.8 Å². The summed E-state index contributed by atoms with van der Waals surface area (Å²) in [6.45, 7) is 8.97. The maximum atomic E-state index is 6.12. The molecule has 10 heteroatoms. The molecule has 4 heterocycles. The second kappa shape index (κ2) is 10.3. The average Bonchev–Trinajstić information content (AvgIpc) is 3.32. The number of nitrogens with one attached hydrogen (secondary N) is 1. The fraction of sp³-hybridized carbons (Fsp3) is 0.542. The fourth-order valence-corrected chi connectivity index (χ4v) is 5.22. The van der Waals surface area contributed by atoms with Gasteiger partial charge in [0.15, 0.2) is 5.13 Å². The first-order chi connectivity index (χ1) is 16.6. The minimum absolute atomic E-state index is 0.169. The largest absolute Gasteiger partial charge is 0.460 e. The second-order valence-electron chi connectivity index (χ2n) is 9.07. The zero-order valence-corrected chi connectivity index (χ0v) is 20.6. The van der Waals surface area contributed by atoms with Gasteiger partial charge in [0.2, 0.25) is 5.95 Å². The lowest BCUT2D eigenvalue weighted by Crippen LogP contribution is -2.46. The lowest BCUT2D eigenvalue weighted by Gasteiger charge is -2.45. The van der Waals surface area contributed by atoms with Crippen LogP contribution in [0.3, 0.4) is 0 Å². The molecule has 1 aliphatic carbocycles. The Labute approximate surface area is 204 Å². The fourth-order valence-electron chi connectivity index (χ4n) is 4.44. The summed E-state index contributed by atoms with van der Waals surface area (Å²) in [6, 6.07) is 2.31. The third kappa shape index (κ3) is 5.34. The van der Waals surface area contributed by atoms with Gasteiger partial charge in [-0.2, -0.15) is 4.98 Å². The van der Waals surface area contributed by atoms with E-state index in [2.05, 4.69) is 49.0 Å². The molecule has 0 unspecified atom stereocenters. The Balaban J connectivity index is 1.18. The highest BCUT2D eigenvalue weighted by molar-refractivity contribution is 7.18. The van der Waals surface area contributed by atoms with Gasteiger partial charge in [0.1, 0.15) is 6.10 Å². The quantitative estimate of drug-likeness (QED) is 0.479. The third-order valence-electron chi connectivity index (χ3n) is 6.70. The number of thiazole rings is 1. The van der Waals surface area contributed by atoms with Crippen molar-refractivity contribution in [3.05, 3.63) is 36.4 Å². The Hall–Kier alpha value is -2.69. The molecule has 180 valence electrons. The molecule has 3 aromatic heterocycles. The molecule has 0 radical (unpaired) electrons. The molecule has 0 atom stereocenters. The summed E-state index contributed by atoms with van der Waals surface area (Å²) >= 11 is 1.50. The molecule has 1 spiro atoms. The molecule has 9 nitrogen and oxygen atoms in total. The number of hydrogen-bond acceptors (Lipinski definition) is 10. The van der Waals surface area contributed by atoms with Crippen LogP contribution in [-0.4, -0.2) is 62.2 Å². The minimum Gasteiger partial charge on any atom is -0.460 e. The molecular formula is C24H31N7O2S. The van der Waals surface area contributed by atoms with Crippen molar-refractivity contribution in [3.63, 3.8) is 0 Å². The van der Waals surface area contributed by atoms with Crippen molar-refractivity contribution in [2.24, 2.45) is 5.41 Å². The first kappa shape index (κ1) is 23.1. The normalized spacial score (nSPS) is 17.6. The van der Waals surface area contributed by atoms with Gasteiger partial charge in [-0.25, -0.2) is 19.9 Å². The Morgan fingerprint density at radius 2 is 1.85 bits per heavy atom. The van der Waals surface area contributed by atoms with E-state index in [9.17, 15) is 0 Å². The summed E-state index contributed by atoms with van der Waals surface area (Å²) in [5.74, 6) is 0.530. The van der Waals surface area contributed by atoms with E-state index in [0.717, 1.165) is 74.7 Å². The molecule has 2 fully saturated rings. The van der Waals surface area contributed by atoms with Crippen molar-refractivity contribution in [1.82, 2.24) is 29.8 Å². The standard InChI is InChI=1S/C24H31N7O2S/c1-3-31(4-2)14-17-11-26-21(27-12-17)30-23-28-13-20(34-23)19-7-10-25-22(29-19)33-18-5-8-24(9-6-18)15-32-16-24/h7,10-13,18H,3-6,8-9,14-16H2,1-2H3,(H,26,27,28,30). The van der Waals surface area contributed by atoms with E-state index in [1.807, 2.05) is 18.5 Å². The molecule has 1 saturated heterocycles. The highest BCUT2D eigenvalue weighted by Gasteiger charge is 2.42. The van der Waals surface area contributed by atoms with E-state index in [-0.39, 0.29) is 6.10 Å². The van der Waals surface area contributed by atoms with Gasteiger partial charge in [-0.05, 0) is 44.8 Å². The van der Waals surface area contributed by atoms with Crippen molar-refractivity contribution in [3.8, 4) is 16.6 Å². The molecule has 0 aromatic carbocycles. The van der Waals surface area contributed by atoms with E-state index in [1.54, 1.807) is 12.4 Å². The van der Waals surface area contributed by atoms with Gasteiger partial charge in [0.05, 0.1) is 23.8 Å². The van der Waals surface area contributed by atoms with Crippen LogP contribution in [0.4, 0.5) is 11.1 Å². The number of rotatable bonds is 9. The molecule has 0 bridgehead atoms. The lowest BCUT2D eigenvalue weighted by atomic mass is 9.72. The Morgan fingerprint density at radius 1 is 1.09 bits per heavy atom. The zero-order valence-electron chi connectivity index (χ0n) is 19.7. The van der Waals surface area contributed by atoms with E-state index >= 15 is 0 Å². The Kier molecular flexibility index (Phi) is 6.98. The summed E-state index contributed by atoms with van der Waals surface area (Å²) in [7, 11) is 0. The van der Waals surface area contributed by atoms with E-state index in [0.29, 0.717) is 22.5 Å². The average molecular weight is 482 g/mol. The Bertz CT molecular complexity index is 1070. The highest BCUT2D eigenvalue weighted by atomic mass is 32.1. The molecule has 1 aliphatic heterocycles. The van der Waals surface area contributed by atoms with Crippen molar-refractivity contribution in [2.75, 3.05) is 31.6 Å². The van der Waals surface area contributed by atoms with Gasteiger partial charge in [-0.1, -0.05) is 25.2 Å². The molecule has 0 amide bonds. The number of anilines is 2. The van der Waals surface area contributed by atoms with Crippen LogP contribution in [0.2, 0.25) is 0 Å². The maximum absolute atomic E-state index is 6.12. The van der Waals surface area contributed by atoms with Crippen molar-refractivity contribution in [1.29, 1.82) is 0 Å². The molecule has 1 N–H and O–H groups in total. The van der Waals surface area contributed by atoms with Crippen molar-refractivity contribution >= 4 is 22.4 Å². The first-order valence-electron chi connectivity index (χ1n) is 12.0. The monoisotopic (exact) mass is 481 g/mol. The van der Waals surface area contributed by atoms with E-state index < -0.39 is 0 Å².